The smallest absolute Gasteiger partial charge is 0.263 e. The van der Waals surface area contributed by atoms with Gasteiger partial charge in [-0.25, -0.2) is 18.5 Å². The van der Waals surface area contributed by atoms with Crippen LogP contribution < -0.4 is 10.7 Å². The molecule has 10 heteroatoms. The third-order valence-electron chi connectivity index (χ3n) is 4.36. The van der Waals surface area contributed by atoms with Gasteiger partial charge in [-0.2, -0.15) is 0 Å². The number of primary sulfonamides is 1. The van der Waals surface area contributed by atoms with Crippen LogP contribution in [0.4, 0.5) is 0 Å². The second-order valence-corrected chi connectivity index (χ2v) is 10.2. The molecule has 2 aromatic heterocycles. The summed E-state index contributed by atoms with van der Waals surface area (Å²) in [5.41, 5.74) is 1.16. The minimum atomic E-state index is -3.47. The summed E-state index contributed by atoms with van der Waals surface area (Å²) >= 11 is 3.02. The molecule has 0 amide bonds. The molecule has 0 aromatic carbocycles. The number of thioether (sulfide) groups is 1. The largest absolute Gasteiger partial charge is 0.383 e. The van der Waals surface area contributed by atoms with Gasteiger partial charge in [0.1, 0.15) is 4.83 Å². The number of ether oxygens (including phenoxy) is 1. The van der Waals surface area contributed by atoms with Gasteiger partial charge in [-0.05, 0) is 37.7 Å². The highest BCUT2D eigenvalue weighted by molar-refractivity contribution is 7.99. The van der Waals surface area contributed by atoms with Crippen molar-refractivity contribution in [1.82, 2.24) is 9.55 Å². The van der Waals surface area contributed by atoms with Crippen molar-refractivity contribution in [2.45, 2.75) is 43.8 Å². The molecular formula is C16H23N3O4S3. The number of sulfonamides is 1. The molecule has 0 unspecified atom stereocenters. The highest BCUT2D eigenvalue weighted by atomic mass is 32.2. The Hall–Kier alpha value is -0.940. The number of thiophene rings is 1. The zero-order chi connectivity index (χ0) is 18.7. The SMILES string of the molecule is COCCn1c(SCCCS(N)(=O)=O)nc2sc3c(c2c1=O)CCCC3. The van der Waals surface area contributed by atoms with Crippen molar-refractivity contribution in [1.29, 1.82) is 0 Å². The lowest BCUT2D eigenvalue weighted by atomic mass is 9.97. The summed E-state index contributed by atoms with van der Waals surface area (Å²) in [6.07, 6.45) is 4.65. The van der Waals surface area contributed by atoms with Gasteiger partial charge in [0.2, 0.25) is 10.0 Å². The number of aryl methyl sites for hydroxylation is 2. The monoisotopic (exact) mass is 417 g/mol. The van der Waals surface area contributed by atoms with Gasteiger partial charge >= 0.3 is 0 Å². The fourth-order valence-electron chi connectivity index (χ4n) is 3.13. The fraction of sp³-hybridized carbons (Fsp3) is 0.625. The Morgan fingerprint density at radius 1 is 1.35 bits per heavy atom. The van der Waals surface area contributed by atoms with Crippen molar-refractivity contribution in [2.75, 3.05) is 25.2 Å². The second-order valence-electron chi connectivity index (χ2n) is 6.30. The summed E-state index contributed by atoms with van der Waals surface area (Å²) in [6, 6.07) is 0. The van der Waals surface area contributed by atoms with Gasteiger partial charge in [0.25, 0.3) is 5.56 Å². The first-order chi connectivity index (χ1) is 12.4. The quantitative estimate of drug-likeness (QED) is 0.399. The summed E-state index contributed by atoms with van der Waals surface area (Å²) in [5.74, 6) is 0.463. The lowest BCUT2D eigenvalue weighted by Gasteiger charge is -2.13. The fourth-order valence-corrected chi connectivity index (χ4v) is 6.13. The van der Waals surface area contributed by atoms with Gasteiger partial charge in [0, 0.05) is 17.7 Å². The van der Waals surface area contributed by atoms with Crippen LogP contribution in [0.5, 0.6) is 0 Å². The Kier molecular flexibility index (Phi) is 6.39. The number of hydrogen-bond donors (Lipinski definition) is 1. The van der Waals surface area contributed by atoms with Crippen molar-refractivity contribution in [3.05, 3.63) is 20.8 Å². The molecule has 0 spiro atoms. The van der Waals surface area contributed by atoms with Gasteiger partial charge in [0.15, 0.2) is 5.16 Å². The van der Waals surface area contributed by atoms with Crippen LogP contribution in [-0.4, -0.2) is 43.2 Å². The third kappa shape index (κ3) is 4.48. The van der Waals surface area contributed by atoms with E-state index in [1.54, 1.807) is 23.0 Å². The van der Waals surface area contributed by atoms with E-state index in [0.29, 0.717) is 30.5 Å². The Morgan fingerprint density at radius 3 is 2.85 bits per heavy atom. The van der Waals surface area contributed by atoms with Crippen LogP contribution in [0.3, 0.4) is 0 Å². The molecule has 7 nitrogen and oxygen atoms in total. The Morgan fingerprint density at radius 2 is 2.12 bits per heavy atom. The van der Waals surface area contributed by atoms with Crippen molar-refractivity contribution >= 4 is 43.3 Å². The Labute approximate surface area is 161 Å². The zero-order valence-corrected chi connectivity index (χ0v) is 17.1. The van der Waals surface area contributed by atoms with E-state index < -0.39 is 10.0 Å². The number of hydrogen-bond acceptors (Lipinski definition) is 7. The van der Waals surface area contributed by atoms with Crippen LogP contribution in [-0.2, 0) is 34.1 Å². The van der Waals surface area contributed by atoms with Gasteiger partial charge in [-0.15, -0.1) is 11.3 Å². The summed E-state index contributed by atoms with van der Waals surface area (Å²) in [4.78, 5) is 19.9. The maximum absolute atomic E-state index is 13.1. The maximum Gasteiger partial charge on any atom is 0.263 e. The molecule has 2 heterocycles. The molecule has 0 atom stereocenters. The minimum absolute atomic E-state index is 0.0135. The van der Waals surface area contributed by atoms with E-state index in [4.69, 9.17) is 14.9 Å². The first-order valence-electron chi connectivity index (χ1n) is 8.58. The summed E-state index contributed by atoms with van der Waals surface area (Å²) in [5, 5.41) is 6.42. The van der Waals surface area contributed by atoms with Crippen molar-refractivity contribution in [3.8, 4) is 0 Å². The molecule has 1 aliphatic rings. The maximum atomic E-state index is 13.1. The molecule has 2 N–H and O–H groups in total. The average molecular weight is 418 g/mol. The number of nitrogens with zero attached hydrogens (tertiary/aromatic N) is 2. The molecule has 26 heavy (non-hydrogen) atoms. The predicted molar refractivity (Wildman–Crippen MR) is 106 cm³/mol. The molecule has 0 bridgehead atoms. The topological polar surface area (TPSA) is 104 Å². The van der Waals surface area contributed by atoms with Crippen molar-refractivity contribution in [2.24, 2.45) is 5.14 Å². The summed E-state index contributed by atoms with van der Waals surface area (Å²) in [6.45, 7) is 0.852. The second kappa shape index (κ2) is 8.39. The van der Waals surface area contributed by atoms with Crippen LogP contribution >= 0.6 is 23.1 Å². The number of nitrogens with two attached hydrogens (primary N) is 1. The van der Waals surface area contributed by atoms with Crippen molar-refractivity contribution < 1.29 is 13.2 Å². The molecule has 0 radical (unpaired) electrons. The van der Waals surface area contributed by atoms with Crippen LogP contribution in [0.2, 0.25) is 0 Å². The number of aromatic nitrogens is 2. The van der Waals surface area contributed by atoms with Crippen molar-refractivity contribution in [3.63, 3.8) is 0 Å². The molecule has 1 aliphatic carbocycles. The number of rotatable bonds is 8. The van der Waals surface area contributed by atoms with Crippen LogP contribution in [0, 0.1) is 0 Å². The molecule has 0 saturated carbocycles. The third-order valence-corrected chi connectivity index (χ3v) is 7.47. The van der Waals surface area contributed by atoms with Crippen LogP contribution in [0.1, 0.15) is 29.7 Å². The molecule has 0 aliphatic heterocycles. The first kappa shape index (κ1) is 19.8. The van der Waals surface area contributed by atoms with E-state index in [1.165, 1.54) is 22.2 Å². The lowest BCUT2D eigenvalue weighted by Crippen LogP contribution is -2.25. The van der Waals surface area contributed by atoms with E-state index in [0.717, 1.165) is 35.9 Å². The molecule has 144 valence electrons. The Balaban J connectivity index is 1.94. The van der Waals surface area contributed by atoms with E-state index in [9.17, 15) is 13.2 Å². The normalized spacial score (nSPS) is 14.7. The van der Waals surface area contributed by atoms with E-state index in [1.807, 2.05) is 0 Å². The lowest BCUT2D eigenvalue weighted by molar-refractivity contribution is 0.183. The molecule has 2 aromatic rings. The molecule has 0 fully saturated rings. The Bertz CT molecular complexity index is 950. The van der Waals surface area contributed by atoms with E-state index >= 15 is 0 Å². The minimum Gasteiger partial charge on any atom is -0.383 e. The number of methoxy groups -OCH3 is 1. The summed E-state index contributed by atoms with van der Waals surface area (Å²) in [7, 11) is -1.87. The highest BCUT2D eigenvalue weighted by Crippen LogP contribution is 2.34. The first-order valence-corrected chi connectivity index (χ1v) is 12.1. The number of fused-ring (bicyclic) bond motifs is 3. The standard InChI is InChI=1S/C16H23N3O4S3/c1-23-8-7-19-15(20)13-11-5-2-3-6-12(11)25-14(13)18-16(19)24-9-4-10-26(17,21)22/h2-10H2,1H3,(H2,17,21,22). The average Bonchev–Trinajstić information content (AvgIpc) is 2.96. The molecular weight excluding hydrogens is 394 g/mol. The van der Waals surface area contributed by atoms with Gasteiger partial charge in [-0.1, -0.05) is 11.8 Å². The van der Waals surface area contributed by atoms with Crippen LogP contribution in [0.15, 0.2) is 9.95 Å². The van der Waals surface area contributed by atoms with Gasteiger partial charge < -0.3 is 4.74 Å². The van der Waals surface area contributed by atoms with Crippen LogP contribution in [0.25, 0.3) is 10.2 Å². The predicted octanol–water partition coefficient (Wildman–Crippen LogP) is 1.75. The molecule has 3 rings (SSSR count). The van der Waals surface area contributed by atoms with Gasteiger partial charge in [0.05, 0.1) is 24.3 Å². The summed E-state index contributed by atoms with van der Waals surface area (Å²) < 4.78 is 29.0. The highest BCUT2D eigenvalue weighted by Gasteiger charge is 2.22. The van der Waals surface area contributed by atoms with E-state index in [2.05, 4.69) is 0 Å². The zero-order valence-electron chi connectivity index (χ0n) is 14.7. The van der Waals surface area contributed by atoms with E-state index in [-0.39, 0.29) is 11.3 Å². The molecule has 0 saturated heterocycles. The van der Waals surface area contributed by atoms with Gasteiger partial charge in [-0.3, -0.25) is 9.36 Å².